The third kappa shape index (κ3) is 8.28. The maximum atomic E-state index is 12.9. The molecule has 192 valence electrons. The summed E-state index contributed by atoms with van der Waals surface area (Å²) >= 11 is 0. The highest BCUT2D eigenvalue weighted by Crippen LogP contribution is 2.32. The van der Waals surface area contributed by atoms with E-state index >= 15 is 0 Å². The lowest BCUT2D eigenvalue weighted by Crippen LogP contribution is -2.31. The SMILES string of the molecule is CC(=O)c1ccc(C)c(NC(=O)NC(C)c2ccc(F)cc2)c1.N#Cc1ccc(C2CCCCC2)cc1. The second kappa shape index (κ2) is 13.4. The molecule has 5 nitrogen and oxygen atoms in total. The number of nitriles is 1. The molecule has 1 aliphatic rings. The highest BCUT2D eigenvalue weighted by molar-refractivity contribution is 5.97. The lowest BCUT2D eigenvalue weighted by Gasteiger charge is -2.21. The second-order valence-electron chi connectivity index (χ2n) is 9.53. The molecule has 0 heterocycles. The minimum absolute atomic E-state index is 0.0619. The molecule has 2 N–H and O–H groups in total. The van der Waals surface area contributed by atoms with Crippen molar-refractivity contribution in [2.24, 2.45) is 0 Å². The van der Waals surface area contributed by atoms with Crippen LogP contribution in [0, 0.1) is 24.1 Å². The number of rotatable bonds is 5. The summed E-state index contributed by atoms with van der Waals surface area (Å²) in [6.45, 7) is 5.14. The number of hydrogen-bond acceptors (Lipinski definition) is 3. The Morgan fingerprint density at radius 2 is 1.62 bits per heavy atom. The molecule has 0 saturated heterocycles. The summed E-state index contributed by atoms with van der Waals surface area (Å²) in [6, 6.07) is 20.7. The molecule has 37 heavy (non-hydrogen) atoms. The Labute approximate surface area is 218 Å². The van der Waals surface area contributed by atoms with Crippen molar-refractivity contribution in [1.29, 1.82) is 5.26 Å². The summed E-state index contributed by atoms with van der Waals surface area (Å²) in [6.07, 6.45) is 6.78. The Balaban J connectivity index is 0.000000231. The highest BCUT2D eigenvalue weighted by atomic mass is 19.1. The number of carbonyl (C=O) groups is 2. The minimum atomic E-state index is -0.384. The van der Waals surface area contributed by atoms with Crippen molar-refractivity contribution in [3.05, 3.63) is 100 Å². The first-order valence-electron chi connectivity index (χ1n) is 12.7. The molecule has 0 radical (unpaired) electrons. The number of benzene rings is 3. The summed E-state index contributed by atoms with van der Waals surface area (Å²) in [5.74, 6) is 0.367. The molecule has 2 amide bonds. The predicted molar refractivity (Wildman–Crippen MR) is 145 cm³/mol. The van der Waals surface area contributed by atoms with Gasteiger partial charge >= 0.3 is 6.03 Å². The summed E-state index contributed by atoms with van der Waals surface area (Å²) in [4.78, 5) is 23.5. The molecule has 3 aromatic carbocycles. The van der Waals surface area contributed by atoms with E-state index < -0.39 is 0 Å². The standard InChI is InChI=1S/C18H19FN2O2.C13H15N/c1-11-4-5-15(13(3)22)10-17(11)21-18(23)20-12(2)14-6-8-16(19)9-7-14;14-10-11-6-8-13(9-7-11)12-4-2-1-3-5-12/h4-10,12H,1-3H3,(H2,20,21,23);6-9,12H,1-5H2. The Kier molecular flexibility index (Phi) is 9.97. The first-order chi connectivity index (χ1) is 17.8. The molecule has 1 atom stereocenters. The van der Waals surface area contributed by atoms with Gasteiger partial charge in [-0.15, -0.1) is 0 Å². The van der Waals surface area contributed by atoms with E-state index in [1.54, 1.807) is 30.3 Å². The largest absolute Gasteiger partial charge is 0.331 e. The fraction of sp³-hybridized carbons (Fsp3) is 0.323. The lowest BCUT2D eigenvalue weighted by atomic mass is 9.84. The molecule has 0 aliphatic heterocycles. The van der Waals surface area contributed by atoms with Crippen LogP contribution in [-0.2, 0) is 0 Å². The summed E-state index contributed by atoms with van der Waals surface area (Å²) in [5, 5.41) is 14.2. The molecular formula is C31H34FN3O2. The number of anilines is 1. The first-order valence-corrected chi connectivity index (χ1v) is 12.7. The van der Waals surface area contributed by atoms with Crippen LogP contribution in [0.1, 0.15) is 90.5 Å². The van der Waals surface area contributed by atoms with Gasteiger partial charge < -0.3 is 10.6 Å². The van der Waals surface area contributed by atoms with Gasteiger partial charge in [-0.1, -0.05) is 55.7 Å². The number of Topliss-reactive ketones (excluding diaryl/α,β-unsaturated/α-hetero) is 1. The molecule has 3 aromatic rings. The van der Waals surface area contributed by atoms with Crippen LogP contribution in [-0.4, -0.2) is 11.8 Å². The molecular weight excluding hydrogens is 465 g/mol. The van der Waals surface area contributed by atoms with Gasteiger partial charge in [-0.05, 0) is 86.6 Å². The van der Waals surface area contributed by atoms with Gasteiger partial charge in [0.25, 0.3) is 0 Å². The number of hydrogen-bond donors (Lipinski definition) is 2. The van der Waals surface area contributed by atoms with Crippen molar-refractivity contribution in [3.63, 3.8) is 0 Å². The van der Waals surface area contributed by atoms with Crippen molar-refractivity contribution in [3.8, 4) is 6.07 Å². The number of urea groups is 1. The van der Waals surface area contributed by atoms with Crippen LogP contribution in [0.4, 0.5) is 14.9 Å². The van der Waals surface area contributed by atoms with Gasteiger partial charge in [0, 0.05) is 11.3 Å². The van der Waals surface area contributed by atoms with E-state index in [9.17, 15) is 14.0 Å². The van der Waals surface area contributed by atoms with E-state index in [0.29, 0.717) is 11.3 Å². The minimum Gasteiger partial charge on any atom is -0.331 e. The third-order valence-corrected chi connectivity index (χ3v) is 6.73. The van der Waals surface area contributed by atoms with Crippen molar-refractivity contribution in [2.75, 3.05) is 5.32 Å². The molecule has 1 saturated carbocycles. The van der Waals surface area contributed by atoms with Crippen molar-refractivity contribution in [1.82, 2.24) is 5.32 Å². The summed E-state index contributed by atoms with van der Waals surface area (Å²) in [7, 11) is 0. The van der Waals surface area contributed by atoms with Gasteiger partial charge in [-0.2, -0.15) is 5.26 Å². The zero-order chi connectivity index (χ0) is 26.8. The van der Waals surface area contributed by atoms with E-state index in [0.717, 1.165) is 22.6 Å². The first kappa shape index (κ1) is 27.6. The monoisotopic (exact) mass is 499 g/mol. The fourth-order valence-corrected chi connectivity index (χ4v) is 4.43. The van der Waals surface area contributed by atoms with Gasteiger partial charge in [0.15, 0.2) is 5.78 Å². The van der Waals surface area contributed by atoms with E-state index in [1.807, 2.05) is 26.0 Å². The summed E-state index contributed by atoms with van der Waals surface area (Å²) < 4.78 is 12.9. The van der Waals surface area contributed by atoms with Gasteiger partial charge in [-0.25, -0.2) is 9.18 Å². The van der Waals surface area contributed by atoms with Crippen LogP contribution < -0.4 is 10.6 Å². The average molecular weight is 500 g/mol. The highest BCUT2D eigenvalue weighted by Gasteiger charge is 2.15. The quantitative estimate of drug-likeness (QED) is 0.351. The topological polar surface area (TPSA) is 82.0 Å². The molecule has 0 bridgehead atoms. The molecule has 1 unspecified atom stereocenters. The fourth-order valence-electron chi connectivity index (χ4n) is 4.43. The molecule has 1 aliphatic carbocycles. The van der Waals surface area contributed by atoms with Crippen LogP contribution in [0.3, 0.4) is 0 Å². The van der Waals surface area contributed by atoms with Crippen LogP contribution in [0.5, 0.6) is 0 Å². The van der Waals surface area contributed by atoms with E-state index in [1.165, 1.54) is 56.7 Å². The number of aryl methyl sites for hydroxylation is 1. The third-order valence-electron chi connectivity index (χ3n) is 6.73. The number of ketones is 1. The lowest BCUT2D eigenvalue weighted by molar-refractivity contribution is 0.101. The Hall–Kier alpha value is -3.98. The van der Waals surface area contributed by atoms with E-state index in [4.69, 9.17) is 5.26 Å². The Morgan fingerprint density at radius 1 is 0.973 bits per heavy atom. The van der Waals surface area contributed by atoms with Crippen molar-refractivity contribution in [2.45, 2.75) is 64.8 Å². The molecule has 0 aromatic heterocycles. The zero-order valence-corrected chi connectivity index (χ0v) is 21.7. The smallest absolute Gasteiger partial charge is 0.319 e. The normalized spacial score (nSPS) is 13.9. The van der Waals surface area contributed by atoms with E-state index in [2.05, 4.69) is 28.8 Å². The summed E-state index contributed by atoms with van der Waals surface area (Å²) in [5.41, 5.74) is 4.97. The molecule has 4 rings (SSSR count). The number of halogens is 1. The zero-order valence-electron chi connectivity index (χ0n) is 21.7. The molecule has 0 spiro atoms. The van der Waals surface area contributed by atoms with Gasteiger partial charge in [0.1, 0.15) is 5.82 Å². The van der Waals surface area contributed by atoms with Crippen LogP contribution >= 0.6 is 0 Å². The number of nitrogens with zero attached hydrogens (tertiary/aromatic N) is 1. The average Bonchev–Trinajstić information content (AvgIpc) is 2.91. The molecule has 6 heteroatoms. The van der Waals surface area contributed by atoms with E-state index in [-0.39, 0.29) is 23.7 Å². The number of amides is 2. The number of nitrogens with one attached hydrogen (secondary N) is 2. The van der Waals surface area contributed by atoms with Gasteiger partial charge in [-0.3, -0.25) is 4.79 Å². The Morgan fingerprint density at radius 3 is 2.22 bits per heavy atom. The Bertz CT molecular complexity index is 1240. The van der Waals surface area contributed by atoms with Gasteiger partial charge in [0.2, 0.25) is 0 Å². The van der Waals surface area contributed by atoms with Crippen LogP contribution in [0.25, 0.3) is 0 Å². The molecule has 1 fully saturated rings. The predicted octanol–water partition coefficient (Wildman–Crippen LogP) is 7.83. The van der Waals surface area contributed by atoms with Gasteiger partial charge in [0.05, 0.1) is 17.7 Å². The second-order valence-corrected chi connectivity index (χ2v) is 9.53. The van der Waals surface area contributed by atoms with Crippen molar-refractivity contribution < 1.29 is 14.0 Å². The number of carbonyl (C=O) groups excluding carboxylic acids is 2. The maximum Gasteiger partial charge on any atom is 0.319 e. The van der Waals surface area contributed by atoms with Crippen LogP contribution in [0.15, 0.2) is 66.7 Å². The maximum absolute atomic E-state index is 12.9. The van der Waals surface area contributed by atoms with Crippen LogP contribution in [0.2, 0.25) is 0 Å². The van der Waals surface area contributed by atoms with Crippen molar-refractivity contribution >= 4 is 17.5 Å².